The third-order valence-electron chi connectivity index (χ3n) is 3.51. The number of aryl methyl sites for hydroxylation is 1. The van der Waals surface area contributed by atoms with Gasteiger partial charge in [0, 0.05) is 38.4 Å². The molecule has 1 saturated heterocycles. The van der Waals surface area contributed by atoms with Crippen LogP contribution in [0.4, 0.5) is 11.8 Å². The Kier molecular flexibility index (Phi) is 4.36. The highest BCUT2D eigenvalue weighted by atomic mass is 32.1. The Hall–Kier alpha value is -1.66. The molecule has 0 spiro atoms. The van der Waals surface area contributed by atoms with Crippen LogP contribution in [-0.4, -0.2) is 43.3 Å². The van der Waals surface area contributed by atoms with E-state index in [-0.39, 0.29) is 0 Å². The van der Waals surface area contributed by atoms with Gasteiger partial charge in [0.05, 0.1) is 13.2 Å². The van der Waals surface area contributed by atoms with Crippen molar-refractivity contribution >= 4 is 23.1 Å². The fourth-order valence-corrected chi connectivity index (χ4v) is 3.03. The van der Waals surface area contributed by atoms with Crippen molar-refractivity contribution < 1.29 is 4.74 Å². The topological polar surface area (TPSA) is 41.5 Å². The van der Waals surface area contributed by atoms with Gasteiger partial charge in [-0.15, -0.1) is 0 Å². The first kappa shape index (κ1) is 14.3. The van der Waals surface area contributed by atoms with Crippen LogP contribution < -0.4 is 9.80 Å². The van der Waals surface area contributed by atoms with Gasteiger partial charge in [0.1, 0.15) is 5.82 Å². The van der Waals surface area contributed by atoms with E-state index in [1.54, 1.807) is 11.3 Å². The van der Waals surface area contributed by atoms with Crippen LogP contribution in [0.3, 0.4) is 0 Å². The normalized spacial score (nSPS) is 15.2. The molecule has 1 aliphatic heterocycles. The first-order chi connectivity index (χ1) is 10.2. The first-order valence-electron chi connectivity index (χ1n) is 7.13. The molecule has 0 N–H and O–H groups in total. The molecule has 2 aromatic rings. The van der Waals surface area contributed by atoms with Crippen LogP contribution in [-0.2, 0) is 11.3 Å². The zero-order chi connectivity index (χ0) is 14.7. The Labute approximate surface area is 129 Å². The number of anilines is 2. The van der Waals surface area contributed by atoms with Crippen LogP contribution in [0.5, 0.6) is 0 Å². The molecule has 6 heteroatoms. The van der Waals surface area contributed by atoms with Gasteiger partial charge in [0.15, 0.2) is 0 Å². The van der Waals surface area contributed by atoms with Gasteiger partial charge in [-0.05, 0) is 29.3 Å². The van der Waals surface area contributed by atoms with E-state index in [1.165, 1.54) is 5.56 Å². The Morgan fingerprint density at radius 1 is 1.33 bits per heavy atom. The molecule has 0 amide bonds. The number of nitrogens with zero attached hydrogens (tertiary/aromatic N) is 4. The van der Waals surface area contributed by atoms with E-state index < -0.39 is 0 Å². The monoisotopic (exact) mass is 304 g/mol. The maximum Gasteiger partial charge on any atom is 0.227 e. The van der Waals surface area contributed by atoms with Crippen LogP contribution in [0.25, 0.3) is 0 Å². The van der Waals surface area contributed by atoms with Gasteiger partial charge in [-0.3, -0.25) is 0 Å². The lowest BCUT2D eigenvalue weighted by Crippen LogP contribution is -2.37. The van der Waals surface area contributed by atoms with Crippen molar-refractivity contribution in [2.24, 2.45) is 0 Å². The average Bonchev–Trinajstić information content (AvgIpc) is 3.00. The van der Waals surface area contributed by atoms with Gasteiger partial charge in [0.25, 0.3) is 0 Å². The summed E-state index contributed by atoms with van der Waals surface area (Å²) in [5, 5.41) is 4.28. The minimum atomic E-state index is 0.747. The van der Waals surface area contributed by atoms with Crippen LogP contribution in [0.1, 0.15) is 11.3 Å². The summed E-state index contributed by atoms with van der Waals surface area (Å²) in [6, 6.07) is 4.19. The lowest BCUT2D eigenvalue weighted by Gasteiger charge is -2.28. The highest BCUT2D eigenvalue weighted by Crippen LogP contribution is 2.19. The van der Waals surface area contributed by atoms with Crippen molar-refractivity contribution in [3.05, 3.63) is 34.2 Å². The second-order valence-corrected chi connectivity index (χ2v) is 6.03. The number of aromatic nitrogens is 2. The van der Waals surface area contributed by atoms with Gasteiger partial charge < -0.3 is 14.5 Å². The Morgan fingerprint density at radius 3 is 2.86 bits per heavy atom. The summed E-state index contributed by atoms with van der Waals surface area (Å²) >= 11 is 1.72. The highest BCUT2D eigenvalue weighted by molar-refractivity contribution is 7.07. The van der Waals surface area contributed by atoms with Crippen molar-refractivity contribution in [2.45, 2.75) is 13.5 Å². The molecule has 0 saturated carbocycles. The molecule has 5 nitrogen and oxygen atoms in total. The van der Waals surface area contributed by atoms with Gasteiger partial charge in [0.2, 0.25) is 5.95 Å². The summed E-state index contributed by atoms with van der Waals surface area (Å²) in [5.74, 6) is 1.78. The Morgan fingerprint density at radius 2 is 2.14 bits per heavy atom. The van der Waals surface area contributed by atoms with E-state index in [9.17, 15) is 0 Å². The minimum Gasteiger partial charge on any atom is -0.378 e. The second-order valence-electron chi connectivity index (χ2n) is 5.25. The summed E-state index contributed by atoms with van der Waals surface area (Å²) in [4.78, 5) is 13.7. The molecule has 0 atom stereocenters. The highest BCUT2D eigenvalue weighted by Gasteiger charge is 2.16. The molecule has 1 fully saturated rings. The van der Waals surface area contributed by atoms with Crippen LogP contribution in [0.15, 0.2) is 22.9 Å². The molecule has 0 bridgehead atoms. The van der Waals surface area contributed by atoms with Gasteiger partial charge >= 0.3 is 0 Å². The Bertz CT molecular complexity index is 581. The van der Waals surface area contributed by atoms with Gasteiger partial charge in [-0.25, -0.2) is 4.98 Å². The fourth-order valence-electron chi connectivity index (χ4n) is 2.37. The van der Waals surface area contributed by atoms with Gasteiger partial charge in [-0.1, -0.05) is 0 Å². The number of hydrogen-bond acceptors (Lipinski definition) is 6. The molecule has 2 aromatic heterocycles. The van der Waals surface area contributed by atoms with Crippen molar-refractivity contribution in [2.75, 3.05) is 43.2 Å². The molecule has 112 valence electrons. The van der Waals surface area contributed by atoms with Crippen LogP contribution in [0.2, 0.25) is 0 Å². The predicted octanol–water partition coefficient (Wildman–Crippen LogP) is 2.32. The largest absolute Gasteiger partial charge is 0.378 e. The summed E-state index contributed by atoms with van der Waals surface area (Å²) in [6.45, 7) is 6.10. The molecule has 0 aromatic carbocycles. The lowest BCUT2D eigenvalue weighted by molar-refractivity contribution is 0.122. The van der Waals surface area contributed by atoms with E-state index >= 15 is 0 Å². The van der Waals surface area contributed by atoms with Crippen molar-refractivity contribution in [3.8, 4) is 0 Å². The van der Waals surface area contributed by atoms with E-state index in [0.29, 0.717) is 0 Å². The standard InChI is InChI=1S/C15H20N4OS/c1-12-9-14(18(2)10-13-3-8-21-11-13)17-15(16-12)19-4-6-20-7-5-19/h3,8-9,11H,4-7,10H2,1-2H3. The quantitative estimate of drug-likeness (QED) is 0.867. The number of morpholine rings is 1. The molecule has 0 unspecified atom stereocenters. The third-order valence-corrected chi connectivity index (χ3v) is 4.25. The summed E-state index contributed by atoms with van der Waals surface area (Å²) in [6.07, 6.45) is 0. The molecular formula is C15H20N4OS. The maximum atomic E-state index is 5.39. The van der Waals surface area contributed by atoms with Crippen LogP contribution in [0, 0.1) is 6.92 Å². The van der Waals surface area contributed by atoms with Gasteiger partial charge in [-0.2, -0.15) is 16.3 Å². The lowest BCUT2D eigenvalue weighted by atomic mass is 10.3. The minimum absolute atomic E-state index is 0.747. The molecule has 3 rings (SSSR count). The third kappa shape index (κ3) is 3.51. The average molecular weight is 304 g/mol. The summed E-state index contributed by atoms with van der Waals surface area (Å²) < 4.78 is 5.39. The zero-order valence-corrected chi connectivity index (χ0v) is 13.3. The Balaban J connectivity index is 1.79. The van der Waals surface area contributed by atoms with Crippen molar-refractivity contribution in [1.29, 1.82) is 0 Å². The molecule has 3 heterocycles. The summed E-state index contributed by atoms with van der Waals surface area (Å²) in [5.41, 5.74) is 2.31. The van der Waals surface area contributed by atoms with Crippen molar-refractivity contribution in [3.63, 3.8) is 0 Å². The second kappa shape index (κ2) is 6.41. The maximum absolute atomic E-state index is 5.39. The molecular weight excluding hydrogens is 284 g/mol. The van der Waals surface area contributed by atoms with E-state index in [0.717, 1.165) is 50.3 Å². The van der Waals surface area contributed by atoms with E-state index in [1.807, 2.05) is 13.0 Å². The smallest absolute Gasteiger partial charge is 0.227 e. The number of thiophene rings is 1. The first-order valence-corrected chi connectivity index (χ1v) is 8.07. The molecule has 21 heavy (non-hydrogen) atoms. The number of hydrogen-bond donors (Lipinski definition) is 0. The predicted molar refractivity (Wildman–Crippen MR) is 86.2 cm³/mol. The fraction of sp³-hybridized carbons (Fsp3) is 0.467. The number of rotatable bonds is 4. The molecule has 0 aliphatic carbocycles. The summed E-state index contributed by atoms with van der Waals surface area (Å²) in [7, 11) is 2.07. The SMILES string of the molecule is Cc1cc(N(C)Cc2ccsc2)nc(N2CCOCC2)n1. The van der Waals surface area contributed by atoms with Crippen molar-refractivity contribution in [1.82, 2.24) is 9.97 Å². The molecule has 0 radical (unpaired) electrons. The van der Waals surface area contributed by atoms with E-state index in [2.05, 4.69) is 38.7 Å². The van der Waals surface area contributed by atoms with E-state index in [4.69, 9.17) is 9.72 Å². The zero-order valence-electron chi connectivity index (χ0n) is 12.5. The van der Waals surface area contributed by atoms with Crippen LogP contribution >= 0.6 is 11.3 Å². The number of ether oxygens (including phenoxy) is 1. The molecule has 1 aliphatic rings.